The summed E-state index contributed by atoms with van der Waals surface area (Å²) in [5, 5.41) is 9.01. The van der Waals surface area contributed by atoms with Crippen molar-refractivity contribution < 1.29 is 9.50 Å². The molecule has 88 valence electrons. The highest BCUT2D eigenvalue weighted by Crippen LogP contribution is 2.23. The lowest BCUT2D eigenvalue weighted by molar-refractivity contribution is 0.268. The number of rotatable bonds is 3. The quantitative estimate of drug-likeness (QED) is 0.852. The molecular weight excluding hydrogens is 217 g/mol. The molecular formula is C14H14FNO. The SMILES string of the molecule is N[C@@H](CO)c1cccc(-c2cccc(F)c2)c1. The van der Waals surface area contributed by atoms with Gasteiger partial charge in [-0.1, -0.05) is 30.3 Å². The van der Waals surface area contributed by atoms with Gasteiger partial charge in [0.25, 0.3) is 0 Å². The van der Waals surface area contributed by atoms with E-state index in [1.807, 2.05) is 30.3 Å². The lowest BCUT2D eigenvalue weighted by atomic mass is 10.00. The van der Waals surface area contributed by atoms with Gasteiger partial charge in [0, 0.05) is 0 Å². The van der Waals surface area contributed by atoms with Crippen LogP contribution in [0.3, 0.4) is 0 Å². The van der Waals surface area contributed by atoms with Crippen molar-refractivity contribution in [2.45, 2.75) is 6.04 Å². The minimum absolute atomic E-state index is 0.105. The fourth-order valence-electron chi connectivity index (χ4n) is 1.72. The van der Waals surface area contributed by atoms with Gasteiger partial charge in [-0.25, -0.2) is 4.39 Å². The van der Waals surface area contributed by atoms with Crippen molar-refractivity contribution in [1.29, 1.82) is 0 Å². The van der Waals surface area contributed by atoms with Gasteiger partial charge < -0.3 is 10.8 Å². The summed E-state index contributed by atoms with van der Waals surface area (Å²) in [5.41, 5.74) is 8.29. The predicted molar refractivity (Wildman–Crippen MR) is 65.9 cm³/mol. The monoisotopic (exact) mass is 231 g/mol. The zero-order valence-corrected chi connectivity index (χ0v) is 9.31. The van der Waals surface area contributed by atoms with Gasteiger partial charge in [-0.3, -0.25) is 0 Å². The molecule has 0 aromatic heterocycles. The number of aliphatic hydroxyl groups excluding tert-OH is 1. The van der Waals surface area contributed by atoms with Crippen LogP contribution >= 0.6 is 0 Å². The number of nitrogens with two attached hydrogens (primary N) is 1. The van der Waals surface area contributed by atoms with Crippen molar-refractivity contribution in [3.8, 4) is 11.1 Å². The van der Waals surface area contributed by atoms with Crippen LogP contribution in [0.5, 0.6) is 0 Å². The highest BCUT2D eigenvalue weighted by Gasteiger charge is 2.06. The lowest BCUT2D eigenvalue weighted by Crippen LogP contribution is -2.14. The van der Waals surface area contributed by atoms with E-state index >= 15 is 0 Å². The average molecular weight is 231 g/mol. The van der Waals surface area contributed by atoms with Crippen LogP contribution in [0.25, 0.3) is 11.1 Å². The molecule has 2 rings (SSSR count). The van der Waals surface area contributed by atoms with Crippen LogP contribution in [0.4, 0.5) is 4.39 Å². The van der Waals surface area contributed by atoms with Crippen molar-refractivity contribution in [2.75, 3.05) is 6.61 Å². The predicted octanol–water partition coefficient (Wildman–Crippen LogP) is 2.48. The van der Waals surface area contributed by atoms with Crippen molar-refractivity contribution in [1.82, 2.24) is 0 Å². The second-order valence-electron chi connectivity index (χ2n) is 3.92. The van der Waals surface area contributed by atoms with Crippen molar-refractivity contribution in [3.63, 3.8) is 0 Å². The van der Waals surface area contributed by atoms with E-state index in [-0.39, 0.29) is 12.4 Å². The Hall–Kier alpha value is -1.71. The fraction of sp³-hybridized carbons (Fsp3) is 0.143. The number of aliphatic hydroxyl groups is 1. The summed E-state index contributed by atoms with van der Waals surface area (Å²) in [6.07, 6.45) is 0. The first-order valence-electron chi connectivity index (χ1n) is 5.43. The Labute approximate surface area is 99.5 Å². The van der Waals surface area contributed by atoms with E-state index in [0.29, 0.717) is 0 Å². The first-order chi connectivity index (χ1) is 8.20. The third kappa shape index (κ3) is 2.70. The molecule has 2 aromatic carbocycles. The molecule has 0 saturated carbocycles. The third-order valence-electron chi connectivity index (χ3n) is 2.67. The smallest absolute Gasteiger partial charge is 0.123 e. The molecule has 0 radical (unpaired) electrons. The summed E-state index contributed by atoms with van der Waals surface area (Å²) < 4.78 is 13.1. The zero-order chi connectivity index (χ0) is 12.3. The number of hydrogen-bond donors (Lipinski definition) is 2. The minimum Gasteiger partial charge on any atom is -0.394 e. The molecule has 0 amide bonds. The van der Waals surface area contributed by atoms with Gasteiger partial charge in [-0.15, -0.1) is 0 Å². The standard InChI is InChI=1S/C14H14FNO/c15-13-6-2-4-11(8-13)10-3-1-5-12(7-10)14(16)9-17/h1-8,14,17H,9,16H2/t14-/m0/s1. The van der Waals surface area contributed by atoms with Crippen LogP contribution in [0.2, 0.25) is 0 Å². The van der Waals surface area contributed by atoms with Crippen molar-refractivity contribution in [2.24, 2.45) is 5.73 Å². The third-order valence-corrected chi connectivity index (χ3v) is 2.67. The Bertz CT molecular complexity index is 513. The number of benzene rings is 2. The van der Waals surface area contributed by atoms with Gasteiger partial charge in [0.05, 0.1) is 12.6 Å². The Kier molecular flexibility index (Phi) is 3.52. The molecule has 0 aliphatic heterocycles. The molecule has 3 N–H and O–H groups in total. The van der Waals surface area contributed by atoms with Crippen molar-refractivity contribution in [3.05, 3.63) is 59.9 Å². The second-order valence-corrected chi connectivity index (χ2v) is 3.92. The maximum atomic E-state index is 13.1. The molecule has 2 aromatic rings. The molecule has 0 unspecified atom stereocenters. The summed E-state index contributed by atoms with van der Waals surface area (Å²) in [5.74, 6) is -0.264. The van der Waals surface area contributed by atoms with Crippen LogP contribution in [0.1, 0.15) is 11.6 Å². The van der Waals surface area contributed by atoms with Crippen molar-refractivity contribution >= 4 is 0 Å². The highest BCUT2D eigenvalue weighted by atomic mass is 19.1. The van der Waals surface area contributed by atoms with E-state index in [1.165, 1.54) is 12.1 Å². The fourth-order valence-corrected chi connectivity index (χ4v) is 1.72. The zero-order valence-electron chi connectivity index (χ0n) is 9.31. The molecule has 17 heavy (non-hydrogen) atoms. The Morgan fingerprint density at radius 3 is 2.35 bits per heavy atom. The Balaban J connectivity index is 2.39. The molecule has 0 saturated heterocycles. The maximum Gasteiger partial charge on any atom is 0.123 e. The van der Waals surface area contributed by atoms with Crippen LogP contribution < -0.4 is 5.73 Å². The van der Waals surface area contributed by atoms with Crippen LogP contribution in [0, 0.1) is 5.82 Å². The van der Waals surface area contributed by atoms with Gasteiger partial charge in [-0.2, -0.15) is 0 Å². The van der Waals surface area contributed by atoms with E-state index < -0.39 is 6.04 Å². The highest BCUT2D eigenvalue weighted by molar-refractivity contribution is 5.64. The summed E-state index contributed by atoms with van der Waals surface area (Å²) >= 11 is 0. The molecule has 0 bridgehead atoms. The molecule has 2 nitrogen and oxygen atoms in total. The van der Waals surface area contributed by atoms with Gasteiger partial charge in [0.15, 0.2) is 0 Å². The summed E-state index contributed by atoms with van der Waals surface area (Å²) in [4.78, 5) is 0. The number of hydrogen-bond acceptors (Lipinski definition) is 2. The van der Waals surface area contributed by atoms with Gasteiger partial charge in [-0.05, 0) is 34.9 Å². The normalized spacial score (nSPS) is 12.4. The molecule has 0 fully saturated rings. The molecule has 0 spiro atoms. The lowest BCUT2D eigenvalue weighted by Gasteiger charge is -2.10. The van der Waals surface area contributed by atoms with Crippen LogP contribution in [-0.2, 0) is 0 Å². The van der Waals surface area contributed by atoms with Gasteiger partial charge in [0.1, 0.15) is 5.82 Å². The average Bonchev–Trinajstić information content (AvgIpc) is 2.38. The van der Waals surface area contributed by atoms with Crippen LogP contribution in [0.15, 0.2) is 48.5 Å². The Morgan fingerprint density at radius 2 is 1.71 bits per heavy atom. The van der Waals surface area contributed by atoms with Crippen LogP contribution in [-0.4, -0.2) is 11.7 Å². The second kappa shape index (κ2) is 5.08. The Morgan fingerprint density at radius 1 is 1.06 bits per heavy atom. The molecule has 3 heteroatoms. The summed E-state index contributed by atoms with van der Waals surface area (Å²) in [6.45, 7) is -0.105. The molecule has 0 aliphatic carbocycles. The first-order valence-corrected chi connectivity index (χ1v) is 5.43. The maximum absolute atomic E-state index is 13.1. The van der Waals surface area contributed by atoms with Gasteiger partial charge >= 0.3 is 0 Å². The van der Waals surface area contributed by atoms with E-state index in [4.69, 9.17) is 10.8 Å². The van der Waals surface area contributed by atoms with E-state index in [9.17, 15) is 4.39 Å². The molecule has 0 aliphatic rings. The minimum atomic E-state index is -0.400. The first kappa shape index (κ1) is 11.8. The van der Waals surface area contributed by atoms with E-state index in [1.54, 1.807) is 6.07 Å². The van der Waals surface area contributed by atoms with E-state index in [0.717, 1.165) is 16.7 Å². The number of halogens is 1. The summed E-state index contributed by atoms with van der Waals surface area (Å²) in [6, 6.07) is 13.5. The topological polar surface area (TPSA) is 46.2 Å². The largest absolute Gasteiger partial charge is 0.394 e. The molecule has 1 atom stereocenters. The van der Waals surface area contributed by atoms with E-state index in [2.05, 4.69) is 0 Å². The molecule has 0 heterocycles. The van der Waals surface area contributed by atoms with Gasteiger partial charge in [0.2, 0.25) is 0 Å². The summed E-state index contributed by atoms with van der Waals surface area (Å²) in [7, 11) is 0.